The number of phenols is 1. The lowest BCUT2D eigenvalue weighted by atomic mass is 10.1. The summed E-state index contributed by atoms with van der Waals surface area (Å²) in [5.41, 5.74) is 1.37. The van der Waals surface area contributed by atoms with E-state index >= 15 is 0 Å². The number of anilines is 1. The molecule has 2 N–H and O–H groups in total. The van der Waals surface area contributed by atoms with Gasteiger partial charge in [-0.25, -0.2) is 4.39 Å². The summed E-state index contributed by atoms with van der Waals surface area (Å²) in [6.45, 7) is 3.46. The van der Waals surface area contributed by atoms with Crippen molar-refractivity contribution < 1.29 is 14.4 Å². The minimum absolute atomic E-state index is 0.0576. The zero-order chi connectivity index (χ0) is 15.6. The zero-order valence-corrected chi connectivity index (χ0v) is 11.6. The predicted molar refractivity (Wildman–Crippen MR) is 77.9 cm³/mol. The van der Waals surface area contributed by atoms with Crippen LogP contribution in [0.5, 0.6) is 5.75 Å². The van der Waals surface area contributed by atoms with E-state index in [0.717, 1.165) is 11.6 Å². The molecule has 0 saturated carbocycles. The first-order valence-electron chi connectivity index (χ1n) is 6.38. The van der Waals surface area contributed by atoms with Crippen LogP contribution in [0, 0.1) is 22.9 Å². The van der Waals surface area contributed by atoms with Crippen LogP contribution in [0.1, 0.15) is 24.1 Å². The molecule has 0 aliphatic carbocycles. The van der Waals surface area contributed by atoms with E-state index in [1.54, 1.807) is 26.0 Å². The number of nitrogens with zero attached hydrogens (tertiary/aromatic N) is 1. The number of hydrogen-bond donors (Lipinski definition) is 2. The van der Waals surface area contributed by atoms with Gasteiger partial charge in [0.15, 0.2) is 0 Å². The summed E-state index contributed by atoms with van der Waals surface area (Å²) in [5.74, 6) is -0.541. The molecule has 110 valence electrons. The van der Waals surface area contributed by atoms with E-state index < -0.39 is 16.8 Å². The molecule has 2 rings (SSSR count). The molecule has 0 heterocycles. The summed E-state index contributed by atoms with van der Waals surface area (Å²) in [6, 6.07) is 7.93. The lowest BCUT2D eigenvalue weighted by Crippen LogP contribution is -2.09. The first-order valence-corrected chi connectivity index (χ1v) is 6.38. The Morgan fingerprint density at radius 1 is 1.29 bits per heavy atom. The Balaban J connectivity index is 2.33. The highest BCUT2D eigenvalue weighted by atomic mass is 19.1. The SMILES string of the molecule is Cc1ccc(NC(C)c2cc(F)ccc2O)c([N+](=O)[O-])c1. The molecule has 1 unspecified atom stereocenters. The third-order valence-corrected chi connectivity index (χ3v) is 3.18. The summed E-state index contributed by atoms with van der Waals surface area (Å²) in [4.78, 5) is 10.6. The first-order chi connectivity index (χ1) is 9.88. The molecule has 2 aromatic carbocycles. The van der Waals surface area contributed by atoms with Gasteiger partial charge in [-0.15, -0.1) is 0 Å². The van der Waals surface area contributed by atoms with Crippen LogP contribution in [0.3, 0.4) is 0 Å². The largest absolute Gasteiger partial charge is 0.508 e. The number of nitro benzene ring substituents is 1. The van der Waals surface area contributed by atoms with E-state index in [1.165, 1.54) is 18.2 Å². The Morgan fingerprint density at radius 3 is 2.67 bits per heavy atom. The van der Waals surface area contributed by atoms with E-state index in [0.29, 0.717) is 11.3 Å². The maximum atomic E-state index is 13.3. The third-order valence-electron chi connectivity index (χ3n) is 3.18. The van der Waals surface area contributed by atoms with Crippen LogP contribution in [-0.4, -0.2) is 10.0 Å². The second-order valence-electron chi connectivity index (χ2n) is 4.85. The number of benzene rings is 2. The van der Waals surface area contributed by atoms with Gasteiger partial charge in [0.05, 0.1) is 11.0 Å². The number of hydrogen-bond acceptors (Lipinski definition) is 4. The molecule has 1 atom stereocenters. The fourth-order valence-corrected chi connectivity index (χ4v) is 2.10. The van der Waals surface area contributed by atoms with Crippen LogP contribution in [0.4, 0.5) is 15.8 Å². The lowest BCUT2D eigenvalue weighted by molar-refractivity contribution is -0.384. The van der Waals surface area contributed by atoms with Gasteiger partial charge in [-0.1, -0.05) is 6.07 Å². The topological polar surface area (TPSA) is 75.4 Å². The fraction of sp³-hybridized carbons (Fsp3) is 0.200. The second kappa shape index (κ2) is 5.78. The Morgan fingerprint density at radius 2 is 2.00 bits per heavy atom. The maximum Gasteiger partial charge on any atom is 0.292 e. The van der Waals surface area contributed by atoms with Gasteiger partial charge in [0, 0.05) is 11.6 Å². The van der Waals surface area contributed by atoms with Crippen LogP contribution < -0.4 is 5.32 Å². The minimum Gasteiger partial charge on any atom is -0.508 e. The maximum absolute atomic E-state index is 13.3. The van der Waals surface area contributed by atoms with Crippen molar-refractivity contribution in [3.8, 4) is 5.75 Å². The molecule has 0 aliphatic heterocycles. The highest BCUT2D eigenvalue weighted by Crippen LogP contribution is 2.32. The van der Waals surface area contributed by atoms with Gasteiger partial charge in [0.1, 0.15) is 17.3 Å². The number of phenolic OH excluding ortho intramolecular Hbond substituents is 1. The summed E-state index contributed by atoms with van der Waals surface area (Å²) in [7, 11) is 0. The van der Waals surface area contributed by atoms with Crippen molar-refractivity contribution in [2.75, 3.05) is 5.32 Å². The number of nitrogens with one attached hydrogen (secondary N) is 1. The lowest BCUT2D eigenvalue weighted by Gasteiger charge is -2.17. The van der Waals surface area contributed by atoms with Crippen molar-refractivity contribution >= 4 is 11.4 Å². The normalized spacial score (nSPS) is 12.0. The number of aromatic hydroxyl groups is 1. The molecular formula is C15H15FN2O3. The smallest absolute Gasteiger partial charge is 0.292 e. The van der Waals surface area contributed by atoms with Crippen molar-refractivity contribution in [2.24, 2.45) is 0 Å². The van der Waals surface area contributed by atoms with Gasteiger partial charge in [-0.3, -0.25) is 10.1 Å². The Hall–Kier alpha value is -2.63. The molecule has 0 saturated heterocycles. The Labute approximate surface area is 121 Å². The molecule has 5 nitrogen and oxygen atoms in total. The summed E-state index contributed by atoms with van der Waals surface area (Å²) < 4.78 is 13.3. The summed E-state index contributed by atoms with van der Waals surface area (Å²) in [6.07, 6.45) is 0. The minimum atomic E-state index is -0.484. The van der Waals surface area contributed by atoms with Crippen molar-refractivity contribution in [3.05, 3.63) is 63.5 Å². The number of halogens is 1. The molecule has 0 radical (unpaired) electrons. The van der Waals surface area contributed by atoms with Crippen molar-refractivity contribution in [2.45, 2.75) is 19.9 Å². The third kappa shape index (κ3) is 3.28. The standard InChI is InChI=1S/C15H15FN2O3/c1-9-3-5-13(14(7-9)18(20)21)17-10(2)12-8-11(16)4-6-15(12)19/h3-8,10,17,19H,1-2H3. The Bertz CT molecular complexity index is 689. The molecule has 0 spiro atoms. The van der Waals surface area contributed by atoms with Crippen molar-refractivity contribution in [1.29, 1.82) is 0 Å². The van der Waals surface area contributed by atoms with Crippen LogP contribution in [0.15, 0.2) is 36.4 Å². The van der Waals surface area contributed by atoms with E-state index in [4.69, 9.17) is 0 Å². The van der Waals surface area contributed by atoms with E-state index in [-0.39, 0.29) is 11.4 Å². The second-order valence-corrected chi connectivity index (χ2v) is 4.85. The molecule has 0 aliphatic rings. The highest BCUT2D eigenvalue weighted by molar-refractivity contribution is 5.63. The molecule has 21 heavy (non-hydrogen) atoms. The molecule has 0 bridgehead atoms. The van der Waals surface area contributed by atoms with Gasteiger partial charge in [0.2, 0.25) is 0 Å². The highest BCUT2D eigenvalue weighted by Gasteiger charge is 2.18. The molecular weight excluding hydrogens is 275 g/mol. The zero-order valence-electron chi connectivity index (χ0n) is 11.6. The van der Waals surface area contributed by atoms with Crippen LogP contribution in [-0.2, 0) is 0 Å². The molecule has 6 heteroatoms. The molecule has 0 amide bonds. The van der Waals surface area contributed by atoms with Gasteiger partial charge in [-0.05, 0) is 43.7 Å². The fourth-order valence-electron chi connectivity index (χ4n) is 2.10. The number of nitro groups is 1. The summed E-state index contributed by atoms with van der Waals surface area (Å²) >= 11 is 0. The van der Waals surface area contributed by atoms with Crippen molar-refractivity contribution in [1.82, 2.24) is 0 Å². The van der Waals surface area contributed by atoms with Crippen LogP contribution >= 0.6 is 0 Å². The molecule has 0 fully saturated rings. The Kier molecular flexibility index (Phi) is 4.07. The van der Waals surface area contributed by atoms with Crippen LogP contribution in [0.25, 0.3) is 0 Å². The quantitative estimate of drug-likeness (QED) is 0.661. The van der Waals surface area contributed by atoms with Gasteiger partial charge in [0.25, 0.3) is 5.69 Å². The van der Waals surface area contributed by atoms with Gasteiger partial charge >= 0.3 is 0 Å². The monoisotopic (exact) mass is 290 g/mol. The van der Waals surface area contributed by atoms with E-state index in [1.807, 2.05) is 0 Å². The average molecular weight is 290 g/mol. The molecule has 0 aromatic heterocycles. The number of rotatable bonds is 4. The van der Waals surface area contributed by atoms with Gasteiger partial charge < -0.3 is 10.4 Å². The summed E-state index contributed by atoms with van der Waals surface area (Å²) in [5, 5.41) is 23.8. The van der Waals surface area contributed by atoms with Crippen molar-refractivity contribution in [3.63, 3.8) is 0 Å². The van der Waals surface area contributed by atoms with E-state index in [9.17, 15) is 19.6 Å². The predicted octanol–water partition coefficient (Wildman–Crippen LogP) is 3.92. The molecule has 2 aromatic rings. The average Bonchev–Trinajstić information content (AvgIpc) is 2.43. The van der Waals surface area contributed by atoms with E-state index in [2.05, 4.69) is 5.32 Å². The van der Waals surface area contributed by atoms with Gasteiger partial charge in [-0.2, -0.15) is 0 Å². The number of aryl methyl sites for hydroxylation is 1. The first kappa shape index (κ1) is 14.8. The van der Waals surface area contributed by atoms with Crippen LogP contribution in [0.2, 0.25) is 0 Å².